The summed E-state index contributed by atoms with van der Waals surface area (Å²) >= 11 is 0. The molecule has 1 N–H and O–H groups in total. The summed E-state index contributed by atoms with van der Waals surface area (Å²) in [4.78, 5) is 2.74. The predicted octanol–water partition coefficient (Wildman–Crippen LogP) is 3.13. The fourth-order valence-corrected chi connectivity index (χ4v) is 3.06. The van der Waals surface area contributed by atoms with Crippen LogP contribution in [0.3, 0.4) is 0 Å². The molecule has 0 amide bonds. The molecule has 0 radical (unpaired) electrons. The SMILES string of the molecule is CCC(CC)C(C)N1CCC(C)NCC(C)C1. The second-order valence-electron chi connectivity index (χ2n) is 6.02. The minimum Gasteiger partial charge on any atom is -0.314 e. The van der Waals surface area contributed by atoms with E-state index in [9.17, 15) is 0 Å². The van der Waals surface area contributed by atoms with Crippen LogP contribution in [0.2, 0.25) is 0 Å². The van der Waals surface area contributed by atoms with Crippen molar-refractivity contribution >= 4 is 0 Å². The highest BCUT2D eigenvalue weighted by atomic mass is 15.2. The molecule has 1 heterocycles. The quantitative estimate of drug-likeness (QED) is 0.812. The number of nitrogens with zero attached hydrogens (tertiary/aromatic N) is 1. The van der Waals surface area contributed by atoms with Crippen molar-refractivity contribution in [2.45, 2.75) is 66.0 Å². The second kappa shape index (κ2) is 7.38. The van der Waals surface area contributed by atoms with Crippen LogP contribution in [0.15, 0.2) is 0 Å². The maximum Gasteiger partial charge on any atom is 0.00951 e. The van der Waals surface area contributed by atoms with Gasteiger partial charge in [-0.15, -0.1) is 0 Å². The summed E-state index contributed by atoms with van der Waals surface area (Å²) in [5.74, 6) is 1.64. The molecule has 0 saturated carbocycles. The number of hydrogen-bond donors (Lipinski definition) is 1. The summed E-state index contributed by atoms with van der Waals surface area (Å²) < 4.78 is 0. The Labute approximate surface area is 108 Å². The van der Waals surface area contributed by atoms with Crippen LogP contribution in [0.4, 0.5) is 0 Å². The zero-order valence-corrected chi connectivity index (χ0v) is 12.5. The summed E-state index contributed by atoms with van der Waals surface area (Å²) in [6.45, 7) is 15.5. The van der Waals surface area contributed by atoms with Crippen LogP contribution in [-0.2, 0) is 0 Å². The molecule has 0 aromatic heterocycles. The molecule has 1 aliphatic rings. The van der Waals surface area contributed by atoms with E-state index in [0.717, 1.165) is 17.9 Å². The molecule has 2 nitrogen and oxygen atoms in total. The molecular formula is C15H32N2. The Morgan fingerprint density at radius 3 is 2.47 bits per heavy atom. The average molecular weight is 240 g/mol. The van der Waals surface area contributed by atoms with Crippen molar-refractivity contribution in [1.82, 2.24) is 10.2 Å². The van der Waals surface area contributed by atoms with Crippen molar-refractivity contribution in [3.8, 4) is 0 Å². The Bertz CT molecular complexity index is 201. The first-order chi connectivity index (χ1) is 8.08. The standard InChI is InChI=1S/C15H32N2/c1-6-15(7-2)14(5)17-9-8-13(4)16-10-12(3)11-17/h12-16H,6-11H2,1-5H3. The van der Waals surface area contributed by atoms with Crippen LogP contribution in [0.1, 0.15) is 53.9 Å². The van der Waals surface area contributed by atoms with Gasteiger partial charge in [0.1, 0.15) is 0 Å². The Balaban J connectivity index is 2.59. The van der Waals surface area contributed by atoms with Crippen LogP contribution in [-0.4, -0.2) is 36.6 Å². The minimum absolute atomic E-state index is 0.675. The first-order valence-corrected chi connectivity index (χ1v) is 7.55. The molecule has 0 aliphatic carbocycles. The smallest absolute Gasteiger partial charge is 0.00951 e. The van der Waals surface area contributed by atoms with E-state index < -0.39 is 0 Å². The zero-order valence-electron chi connectivity index (χ0n) is 12.5. The van der Waals surface area contributed by atoms with Gasteiger partial charge >= 0.3 is 0 Å². The fraction of sp³-hybridized carbons (Fsp3) is 1.00. The molecule has 3 unspecified atom stereocenters. The second-order valence-corrected chi connectivity index (χ2v) is 6.02. The van der Waals surface area contributed by atoms with Gasteiger partial charge in [-0.3, -0.25) is 0 Å². The third-order valence-electron chi connectivity index (χ3n) is 4.52. The van der Waals surface area contributed by atoms with E-state index in [2.05, 4.69) is 44.8 Å². The largest absolute Gasteiger partial charge is 0.314 e. The Morgan fingerprint density at radius 2 is 1.88 bits per heavy atom. The Kier molecular flexibility index (Phi) is 6.50. The summed E-state index contributed by atoms with van der Waals surface area (Å²) in [7, 11) is 0. The van der Waals surface area contributed by atoms with Gasteiger partial charge in [0.2, 0.25) is 0 Å². The number of nitrogens with one attached hydrogen (secondary N) is 1. The Morgan fingerprint density at radius 1 is 1.24 bits per heavy atom. The average Bonchev–Trinajstić information content (AvgIpc) is 2.31. The molecule has 1 rings (SSSR count). The van der Waals surface area contributed by atoms with Crippen molar-refractivity contribution in [2.24, 2.45) is 11.8 Å². The minimum atomic E-state index is 0.675. The number of rotatable bonds is 4. The highest BCUT2D eigenvalue weighted by Gasteiger charge is 2.24. The van der Waals surface area contributed by atoms with Gasteiger partial charge in [-0.1, -0.05) is 33.6 Å². The lowest BCUT2D eigenvalue weighted by atomic mass is 9.92. The van der Waals surface area contributed by atoms with Gasteiger partial charge in [-0.2, -0.15) is 0 Å². The van der Waals surface area contributed by atoms with Gasteiger partial charge in [0, 0.05) is 18.6 Å². The number of hydrogen-bond acceptors (Lipinski definition) is 2. The van der Waals surface area contributed by atoms with Gasteiger partial charge in [0.15, 0.2) is 0 Å². The lowest BCUT2D eigenvalue weighted by Crippen LogP contribution is -2.47. The van der Waals surface area contributed by atoms with Crippen LogP contribution in [0.5, 0.6) is 0 Å². The fourth-order valence-electron chi connectivity index (χ4n) is 3.06. The lowest BCUT2D eigenvalue weighted by Gasteiger charge is -2.38. The van der Waals surface area contributed by atoms with Crippen molar-refractivity contribution in [3.05, 3.63) is 0 Å². The molecule has 1 fully saturated rings. The third kappa shape index (κ3) is 4.59. The molecule has 3 atom stereocenters. The van der Waals surface area contributed by atoms with Gasteiger partial charge < -0.3 is 10.2 Å². The lowest BCUT2D eigenvalue weighted by molar-refractivity contribution is 0.113. The topological polar surface area (TPSA) is 15.3 Å². The van der Waals surface area contributed by atoms with E-state index in [1.54, 1.807) is 0 Å². The van der Waals surface area contributed by atoms with Crippen molar-refractivity contribution < 1.29 is 0 Å². The van der Waals surface area contributed by atoms with Crippen LogP contribution >= 0.6 is 0 Å². The van der Waals surface area contributed by atoms with E-state index in [0.29, 0.717) is 6.04 Å². The van der Waals surface area contributed by atoms with Gasteiger partial charge in [0.05, 0.1) is 0 Å². The van der Waals surface area contributed by atoms with Gasteiger partial charge in [-0.25, -0.2) is 0 Å². The van der Waals surface area contributed by atoms with Gasteiger partial charge in [-0.05, 0) is 45.2 Å². The first kappa shape index (κ1) is 15.0. The first-order valence-electron chi connectivity index (χ1n) is 7.55. The van der Waals surface area contributed by atoms with Crippen molar-refractivity contribution in [3.63, 3.8) is 0 Å². The van der Waals surface area contributed by atoms with E-state index in [1.807, 2.05) is 0 Å². The highest BCUT2D eigenvalue weighted by molar-refractivity contribution is 4.80. The van der Waals surface area contributed by atoms with Crippen molar-refractivity contribution in [1.29, 1.82) is 0 Å². The monoisotopic (exact) mass is 240 g/mol. The van der Waals surface area contributed by atoms with Crippen LogP contribution < -0.4 is 5.32 Å². The van der Waals surface area contributed by atoms with E-state index in [1.165, 1.54) is 38.9 Å². The molecule has 0 aromatic carbocycles. The summed E-state index contributed by atoms with van der Waals surface area (Å²) in [6, 6.07) is 1.42. The molecule has 2 heteroatoms. The Hall–Kier alpha value is -0.0800. The van der Waals surface area contributed by atoms with E-state index >= 15 is 0 Å². The zero-order chi connectivity index (χ0) is 12.8. The highest BCUT2D eigenvalue weighted by Crippen LogP contribution is 2.20. The molecule has 1 aliphatic heterocycles. The maximum atomic E-state index is 3.62. The molecular weight excluding hydrogens is 208 g/mol. The molecule has 0 bridgehead atoms. The summed E-state index contributed by atoms with van der Waals surface area (Å²) in [6.07, 6.45) is 3.92. The van der Waals surface area contributed by atoms with Crippen LogP contribution in [0.25, 0.3) is 0 Å². The molecule has 17 heavy (non-hydrogen) atoms. The molecule has 0 aromatic rings. The van der Waals surface area contributed by atoms with Crippen molar-refractivity contribution in [2.75, 3.05) is 19.6 Å². The maximum absolute atomic E-state index is 3.62. The third-order valence-corrected chi connectivity index (χ3v) is 4.52. The normalized spacial score (nSPS) is 30.0. The van der Waals surface area contributed by atoms with Gasteiger partial charge in [0.25, 0.3) is 0 Å². The van der Waals surface area contributed by atoms with E-state index in [4.69, 9.17) is 0 Å². The van der Waals surface area contributed by atoms with E-state index in [-0.39, 0.29) is 0 Å². The molecule has 0 spiro atoms. The predicted molar refractivity (Wildman–Crippen MR) is 76.4 cm³/mol. The summed E-state index contributed by atoms with van der Waals surface area (Å²) in [5, 5.41) is 3.62. The summed E-state index contributed by atoms with van der Waals surface area (Å²) in [5.41, 5.74) is 0. The molecule has 102 valence electrons. The molecule has 1 saturated heterocycles. The van der Waals surface area contributed by atoms with Crippen LogP contribution in [0, 0.1) is 11.8 Å².